The summed E-state index contributed by atoms with van der Waals surface area (Å²) in [5, 5.41) is 0. The van der Waals surface area contributed by atoms with Crippen molar-refractivity contribution in [1.29, 1.82) is 0 Å². The summed E-state index contributed by atoms with van der Waals surface area (Å²) in [7, 11) is -1.27. The molecular weight excluding hydrogens is 364 g/mol. The molecule has 0 N–H and O–H groups in total. The Bertz CT molecular complexity index is 706. The molecule has 3 aliphatic rings. The number of hydrogen-bond donors (Lipinski definition) is 0. The van der Waals surface area contributed by atoms with E-state index in [0.717, 1.165) is 6.04 Å². The van der Waals surface area contributed by atoms with Crippen LogP contribution < -0.4 is 0 Å². The minimum Gasteiger partial charge on any atom is -0.448 e. The van der Waals surface area contributed by atoms with E-state index in [4.69, 9.17) is 14.2 Å². The molecule has 2 bridgehead atoms. The molecule has 150 valence electrons. The van der Waals surface area contributed by atoms with Crippen LogP contribution in [-0.2, 0) is 28.6 Å². The number of rotatable bonds is 6. The molecule has 0 unspecified atom stereocenters. The fourth-order valence-electron chi connectivity index (χ4n) is 4.23. The minimum absolute atomic E-state index is 0.291. The van der Waals surface area contributed by atoms with Crippen LogP contribution >= 0.6 is 0 Å². The van der Waals surface area contributed by atoms with Crippen LogP contribution in [0.5, 0.6) is 0 Å². The molecule has 3 rings (SSSR count). The number of hydrogen-bond acceptors (Lipinski definition) is 6. The molecule has 0 aromatic heterocycles. The monoisotopic (exact) mass is 394 g/mol. The molecule has 0 radical (unpaired) electrons. The highest BCUT2D eigenvalue weighted by Crippen LogP contribution is 2.65. The average Bonchev–Trinajstić information content (AvgIpc) is 3.03. The Morgan fingerprint density at radius 3 is 2.41 bits per heavy atom. The van der Waals surface area contributed by atoms with E-state index < -0.39 is 42.7 Å². The molecule has 2 aliphatic carbocycles. The molecule has 0 aromatic rings. The van der Waals surface area contributed by atoms with Crippen molar-refractivity contribution >= 4 is 25.8 Å². The van der Waals surface area contributed by atoms with Gasteiger partial charge in [-0.05, 0) is 38.0 Å². The lowest BCUT2D eigenvalue weighted by Gasteiger charge is -2.35. The number of esters is 2. The fraction of sp³-hybridized carbons (Fsp3) is 0.750. The first-order valence-corrected chi connectivity index (χ1v) is 13.3. The predicted molar refractivity (Wildman–Crippen MR) is 102 cm³/mol. The first kappa shape index (κ1) is 20.3. The van der Waals surface area contributed by atoms with E-state index in [1.165, 1.54) is 6.08 Å². The van der Waals surface area contributed by atoms with Gasteiger partial charge in [-0.1, -0.05) is 33.5 Å². The second kappa shape index (κ2) is 6.27. The van der Waals surface area contributed by atoms with Crippen molar-refractivity contribution in [2.75, 3.05) is 6.61 Å². The maximum Gasteiger partial charge on any atom is 0.352 e. The first-order chi connectivity index (χ1) is 12.3. The van der Waals surface area contributed by atoms with Gasteiger partial charge in [-0.3, -0.25) is 9.59 Å². The van der Waals surface area contributed by atoms with Gasteiger partial charge in [0.1, 0.15) is 6.10 Å². The zero-order chi connectivity index (χ0) is 20.3. The quantitative estimate of drug-likeness (QED) is 0.509. The van der Waals surface area contributed by atoms with Crippen molar-refractivity contribution in [2.45, 2.75) is 77.1 Å². The van der Waals surface area contributed by atoms with Gasteiger partial charge in [0.05, 0.1) is 5.41 Å². The molecule has 1 aliphatic heterocycles. The van der Waals surface area contributed by atoms with Gasteiger partial charge in [0.15, 0.2) is 11.9 Å². The van der Waals surface area contributed by atoms with Crippen molar-refractivity contribution in [3.63, 3.8) is 0 Å². The van der Waals surface area contributed by atoms with Gasteiger partial charge in [-0.2, -0.15) is 0 Å². The lowest BCUT2D eigenvalue weighted by atomic mass is 9.66. The van der Waals surface area contributed by atoms with Crippen LogP contribution in [-0.4, -0.2) is 50.2 Å². The third-order valence-electron chi connectivity index (χ3n) is 6.84. The number of fused-ring (bicyclic) bond motifs is 2. The fourth-order valence-corrected chi connectivity index (χ4v) is 4.96. The number of carbonyl (C=O) groups excluding carboxylic acids is 3. The van der Waals surface area contributed by atoms with E-state index >= 15 is 0 Å². The zero-order valence-electron chi connectivity index (χ0n) is 17.1. The summed E-state index contributed by atoms with van der Waals surface area (Å²) < 4.78 is 17.0. The highest BCUT2D eigenvalue weighted by atomic mass is 28.3. The van der Waals surface area contributed by atoms with Crippen LogP contribution in [0.4, 0.5) is 0 Å². The molecular formula is C20H30O6Si. The third kappa shape index (κ3) is 2.99. The second-order valence-electron chi connectivity index (χ2n) is 9.91. The van der Waals surface area contributed by atoms with Crippen molar-refractivity contribution in [3.8, 4) is 0 Å². The molecule has 6 nitrogen and oxygen atoms in total. The maximum absolute atomic E-state index is 13.1. The average molecular weight is 395 g/mol. The summed E-state index contributed by atoms with van der Waals surface area (Å²) >= 11 is 0. The Hall–Kier alpha value is -1.47. The van der Waals surface area contributed by atoms with Gasteiger partial charge in [0.25, 0.3) is 0 Å². The Balaban J connectivity index is 1.71. The summed E-state index contributed by atoms with van der Waals surface area (Å²) in [6, 6.07) is 0.957. The van der Waals surface area contributed by atoms with E-state index in [2.05, 4.69) is 19.6 Å². The van der Waals surface area contributed by atoms with Crippen molar-refractivity contribution in [1.82, 2.24) is 0 Å². The lowest BCUT2D eigenvalue weighted by molar-refractivity contribution is -0.190. The van der Waals surface area contributed by atoms with Crippen LogP contribution in [0, 0.1) is 10.8 Å². The van der Waals surface area contributed by atoms with Gasteiger partial charge in [0, 0.05) is 20.1 Å². The van der Waals surface area contributed by atoms with Gasteiger partial charge in [-0.25, -0.2) is 4.79 Å². The molecule has 4 atom stereocenters. The summed E-state index contributed by atoms with van der Waals surface area (Å²) in [5.74, 6) is -1.29. The molecule has 0 spiro atoms. The van der Waals surface area contributed by atoms with Crippen LogP contribution in [0.1, 0.15) is 33.6 Å². The van der Waals surface area contributed by atoms with E-state index in [-0.39, 0.29) is 11.8 Å². The van der Waals surface area contributed by atoms with Gasteiger partial charge in [0.2, 0.25) is 5.60 Å². The Labute approximate surface area is 161 Å². The summed E-state index contributed by atoms with van der Waals surface area (Å²) in [6.07, 6.45) is 2.45. The highest BCUT2D eigenvalue weighted by molar-refractivity contribution is 6.76. The topological polar surface area (TPSA) is 78.9 Å². The van der Waals surface area contributed by atoms with Crippen molar-refractivity contribution < 1.29 is 28.6 Å². The van der Waals surface area contributed by atoms with E-state index in [1.807, 2.05) is 20.8 Å². The number of ether oxygens (including phenoxy) is 3. The minimum atomic E-state index is -1.33. The van der Waals surface area contributed by atoms with Crippen LogP contribution in [0.25, 0.3) is 0 Å². The molecule has 0 amide bonds. The first-order valence-electron chi connectivity index (χ1n) is 9.62. The van der Waals surface area contributed by atoms with E-state index in [0.29, 0.717) is 19.4 Å². The van der Waals surface area contributed by atoms with Crippen LogP contribution in [0.2, 0.25) is 25.7 Å². The molecule has 1 saturated carbocycles. The maximum atomic E-state index is 13.1. The molecule has 1 heterocycles. The smallest absolute Gasteiger partial charge is 0.352 e. The lowest BCUT2D eigenvalue weighted by Crippen LogP contribution is -2.51. The highest BCUT2D eigenvalue weighted by Gasteiger charge is 2.76. The normalized spacial score (nSPS) is 37.0. The Morgan fingerprint density at radius 2 is 1.89 bits per heavy atom. The summed E-state index contributed by atoms with van der Waals surface area (Å²) in [6.45, 7) is 12.8. The van der Waals surface area contributed by atoms with Crippen LogP contribution in [0.3, 0.4) is 0 Å². The zero-order valence-corrected chi connectivity index (χ0v) is 18.1. The third-order valence-corrected chi connectivity index (χ3v) is 8.54. The van der Waals surface area contributed by atoms with E-state index in [9.17, 15) is 14.4 Å². The largest absolute Gasteiger partial charge is 0.448 e. The van der Waals surface area contributed by atoms with Gasteiger partial charge < -0.3 is 14.2 Å². The predicted octanol–water partition coefficient (Wildman–Crippen LogP) is 2.88. The molecule has 2 fully saturated rings. The second-order valence-corrected chi connectivity index (χ2v) is 15.5. The molecule has 27 heavy (non-hydrogen) atoms. The molecule has 1 saturated heterocycles. The Kier molecular flexibility index (Phi) is 4.71. The van der Waals surface area contributed by atoms with Crippen molar-refractivity contribution in [3.05, 3.63) is 12.2 Å². The standard InChI is InChI=1S/C20H30O6Si/c1-18(2)19(3)9-10-20(18,26-16(19)22)17(23)25-15-13(21)7-8-14(15)24-11-12-27(4,5)6/h7-8,14-15H,9-12H2,1-6H3/t14-,15-,19+,20-/m1/s1. The molecule has 7 heteroatoms. The van der Waals surface area contributed by atoms with Gasteiger partial charge in [-0.15, -0.1) is 0 Å². The molecule has 0 aromatic carbocycles. The summed E-state index contributed by atoms with van der Waals surface area (Å²) in [4.78, 5) is 37.7. The van der Waals surface area contributed by atoms with E-state index in [1.54, 1.807) is 6.08 Å². The Morgan fingerprint density at radius 1 is 1.22 bits per heavy atom. The van der Waals surface area contributed by atoms with Gasteiger partial charge >= 0.3 is 11.9 Å². The number of ketones is 1. The summed E-state index contributed by atoms with van der Waals surface area (Å²) in [5.41, 5.74) is -2.74. The number of carbonyl (C=O) groups is 3. The SMILES string of the molecule is CC1(C)[C@@]2(C)CC[C@]1(C(=O)O[C@@H]1C(=O)C=C[C@H]1OCC[Si](C)(C)C)OC2=O. The van der Waals surface area contributed by atoms with Crippen molar-refractivity contribution in [2.24, 2.45) is 10.8 Å². The van der Waals surface area contributed by atoms with Crippen LogP contribution in [0.15, 0.2) is 12.2 Å².